The first-order valence-corrected chi connectivity index (χ1v) is 9.01. The molecule has 0 radical (unpaired) electrons. The zero-order chi connectivity index (χ0) is 17.4. The maximum Gasteiger partial charge on any atom is 0.228 e. The lowest BCUT2D eigenvalue weighted by Gasteiger charge is -2.36. The van der Waals surface area contributed by atoms with Gasteiger partial charge in [0.25, 0.3) is 0 Å². The Balaban J connectivity index is 1.72. The van der Waals surface area contributed by atoms with Crippen molar-refractivity contribution in [2.45, 2.75) is 40.5 Å². The molecule has 24 heavy (non-hydrogen) atoms. The lowest BCUT2D eigenvalue weighted by Crippen LogP contribution is -2.45. The van der Waals surface area contributed by atoms with Gasteiger partial charge in [0.05, 0.1) is 5.92 Å². The molecule has 4 nitrogen and oxygen atoms in total. The highest BCUT2D eigenvalue weighted by Gasteiger charge is 2.38. The van der Waals surface area contributed by atoms with Gasteiger partial charge < -0.3 is 9.80 Å². The molecule has 2 heterocycles. The Morgan fingerprint density at radius 1 is 1.04 bits per heavy atom. The minimum Gasteiger partial charge on any atom is -0.342 e. The van der Waals surface area contributed by atoms with E-state index < -0.39 is 0 Å². The second kappa shape index (κ2) is 6.58. The highest BCUT2D eigenvalue weighted by atomic mass is 16.2. The van der Waals surface area contributed by atoms with E-state index in [1.807, 2.05) is 23.1 Å². The first-order valence-electron chi connectivity index (χ1n) is 9.01. The fourth-order valence-corrected chi connectivity index (χ4v) is 4.12. The van der Waals surface area contributed by atoms with Gasteiger partial charge in [-0.2, -0.15) is 0 Å². The Labute approximate surface area is 144 Å². The van der Waals surface area contributed by atoms with Gasteiger partial charge in [0.1, 0.15) is 0 Å². The van der Waals surface area contributed by atoms with Gasteiger partial charge in [-0.15, -0.1) is 0 Å². The summed E-state index contributed by atoms with van der Waals surface area (Å²) in [6.07, 6.45) is 1.52. The average Bonchev–Trinajstić information content (AvgIpc) is 2.90. The maximum atomic E-state index is 12.9. The zero-order valence-electron chi connectivity index (χ0n) is 15.2. The quantitative estimate of drug-likeness (QED) is 0.837. The molecule has 0 saturated carbocycles. The normalized spacial score (nSPS) is 27.7. The molecule has 0 bridgehead atoms. The molecule has 2 aliphatic heterocycles. The van der Waals surface area contributed by atoms with Gasteiger partial charge in [-0.05, 0) is 55.4 Å². The third kappa shape index (κ3) is 3.33. The molecule has 0 aliphatic carbocycles. The van der Waals surface area contributed by atoms with E-state index in [0.29, 0.717) is 24.8 Å². The fraction of sp³-hybridized carbons (Fsp3) is 0.600. The van der Waals surface area contributed by atoms with Crippen molar-refractivity contribution < 1.29 is 9.59 Å². The van der Waals surface area contributed by atoms with Crippen LogP contribution in [0.1, 0.15) is 37.8 Å². The van der Waals surface area contributed by atoms with Gasteiger partial charge in [0.15, 0.2) is 0 Å². The Kier molecular flexibility index (Phi) is 4.66. The van der Waals surface area contributed by atoms with Crippen molar-refractivity contribution in [3.8, 4) is 0 Å². The number of carbonyl (C=O) groups is 2. The van der Waals surface area contributed by atoms with Crippen LogP contribution in [0.2, 0.25) is 0 Å². The van der Waals surface area contributed by atoms with Crippen LogP contribution in [0, 0.1) is 31.6 Å². The Bertz CT molecular complexity index is 645. The van der Waals surface area contributed by atoms with Crippen LogP contribution in [0.15, 0.2) is 18.2 Å². The molecule has 2 saturated heterocycles. The highest BCUT2D eigenvalue weighted by Crippen LogP contribution is 2.29. The van der Waals surface area contributed by atoms with Gasteiger partial charge in [0.2, 0.25) is 11.8 Å². The monoisotopic (exact) mass is 328 g/mol. The second-order valence-corrected chi connectivity index (χ2v) is 7.86. The molecule has 130 valence electrons. The predicted molar refractivity (Wildman–Crippen MR) is 95.9 cm³/mol. The number of benzene rings is 1. The second-order valence-electron chi connectivity index (χ2n) is 7.86. The average molecular weight is 328 g/mol. The molecule has 3 atom stereocenters. The number of anilines is 1. The van der Waals surface area contributed by atoms with Crippen molar-refractivity contribution in [3.63, 3.8) is 0 Å². The van der Waals surface area contributed by atoms with Gasteiger partial charge in [0, 0.05) is 31.7 Å². The molecule has 3 rings (SSSR count). The number of hydrogen-bond acceptors (Lipinski definition) is 2. The van der Waals surface area contributed by atoms with E-state index in [1.165, 1.54) is 17.5 Å². The van der Waals surface area contributed by atoms with Crippen LogP contribution in [0.5, 0.6) is 0 Å². The van der Waals surface area contributed by atoms with E-state index in [0.717, 1.165) is 18.8 Å². The van der Waals surface area contributed by atoms with Crippen LogP contribution >= 0.6 is 0 Å². The van der Waals surface area contributed by atoms with Crippen molar-refractivity contribution in [1.29, 1.82) is 0 Å². The highest BCUT2D eigenvalue weighted by molar-refractivity contribution is 6.00. The molecule has 1 aromatic carbocycles. The number of rotatable bonds is 2. The summed E-state index contributed by atoms with van der Waals surface area (Å²) in [5.41, 5.74) is 3.31. The summed E-state index contributed by atoms with van der Waals surface area (Å²) in [6.45, 7) is 10.7. The number of carbonyl (C=O) groups excluding carboxylic acids is 2. The fourth-order valence-electron chi connectivity index (χ4n) is 4.12. The summed E-state index contributed by atoms with van der Waals surface area (Å²) in [4.78, 5) is 29.1. The van der Waals surface area contributed by atoms with Gasteiger partial charge >= 0.3 is 0 Å². The van der Waals surface area contributed by atoms with E-state index in [4.69, 9.17) is 0 Å². The van der Waals surface area contributed by atoms with E-state index in [-0.39, 0.29) is 17.7 Å². The zero-order valence-corrected chi connectivity index (χ0v) is 15.2. The molecule has 0 aromatic heterocycles. The molecule has 2 amide bonds. The first-order chi connectivity index (χ1) is 11.3. The lowest BCUT2D eigenvalue weighted by molar-refractivity contribution is -0.138. The largest absolute Gasteiger partial charge is 0.342 e. The SMILES string of the molecule is Cc1ccc(N2C[C@H](C(=O)N3C[C@H](C)C[C@H](C)C3)CC2=O)cc1C. The Morgan fingerprint density at radius 2 is 1.71 bits per heavy atom. The molecule has 2 fully saturated rings. The first kappa shape index (κ1) is 17.0. The van der Waals surface area contributed by atoms with Crippen LogP contribution in [0.25, 0.3) is 0 Å². The van der Waals surface area contributed by atoms with Crippen molar-refractivity contribution >= 4 is 17.5 Å². The van der Waals surface area contributed by atoms with Crippen LogP contribution in [0.3, 0.4) is 0 Å². The summed E-state index contributed by atoms with van der Waals surface area (Å²) in [5, 5.41) is 0. The van der Waals surface area contributed by atoms with Gasteiger partial charge in [-0.25, -0.2) is 0 Å². The molecule has 4 heteroatoms. The number of nitrogens with zero attached hydrogens (tertiary/aromatic N) is 2. The van der Waals surface area contributed by atoms with Crippen LogP contribution in [-0.2, 0) is 9.59 Å². The third-order valence-electron chi connectivity index (χ3n) is 5.46. The third-order valence-corrected chi connectivity index (χ3v) is 5.46. The smallest absolute Gasteiger partial charge is 0.228 e. The predicted octanol–water partition coefficient (Wildman–Crippen LogP) is 3.16. The molecule has 1 aromatic rings. The molecule has 2 aliphatic rings. The summed E-state index contributed by atoms with van der Waals surface area (Å²) >= 11 is 0. The molecular formula is C20H28N2O2. The summed E-state index contributed by atoms with van der Waals surface area (Å²) in [6, 6.07) is 6.07. The van der Waals surface area contributed by atoms with Gasteiger partial charge in [-0.3, -0.25) is 9.59 Å². The van der Waals surface area contributed by atoms with Crippen LogP contribution < -0.4 is 4.90 Å². The van der Waals surface area contributed by atoms with Crippen molar-refractivity contribution in [2.24, 2.45) is 17.8 Å². The minimum atomic E-state index is -0.198. The summed E-state index contributed by atoms with van der Waals surface area (Å²) in [5.74, 6) is 1.12. The molecule has 0 N–H and O–H groups in total. The summed E-state index contributed by atoms with van der Waals surface area (Å²) in [7, 11) is 0. The van der Waals surface area contributed by atoms with E-state index in [9.17, 15) is 9.59 Å². The van der Waals surface area contributed by atoms with Crippen molar-refractivity contribution in [3.05, 3.63) is 29.3 Å². The van der Waals surface area contributed by atoms with Crippen LogP contribution in [0.4, 0.5) is 5.69 Å². The summed E-state index contributed by atoms with van der Waals surface area (Å²) < 4.78 is 0. The maximum absolute atomic E-state index is 12.9. The Morgan fingerprint density at radius 3 is 2.33 bits per heavy atom. The number of amides is 2. The van der Waals surface area contributed by atoms with E-state index in [1.54, 1.807) is 4.90 Å². The molecular weight excluding hydrogens is 300 g/mol. The number of piperidine rings is 1. The standard InChI is InChI=1S/C20H28N2O2/c1-13-7-14(2)11-21(10-13)20(24)17-9-19(23)22(12-17)18-6-5-15(3)16(4)8-18/h5-6,8,13-14,17H,7,9-12H2,1-4H3/t13-,14+,17-/m1/s1. The lowest BCUT2D eigenvalue weighted by atomic mass is 9.91. The molecule has 0 unspecified atom stereocenters. The molecule has 0 spiro atoms. The van der Waals surface area contributed by atoms with Crippen LogP contribution in [-0.4, -0.2) is 36.3 Å². The minimum absolute atomic E-state index is 0.0645. The van der Waals surface area contributed by atoms with Crippen molar-refractivity contribution in [1.82, 2.24) is 4.90 Å². The van der Waals surface area contributed by atoms with E-state index >= 15 is 0 Å². The van der Waals surface area contributed by atoms with E-state index in [2.05, 4.69) is 27.7 Å². The number of aryl methyl sites for hydroxylation is 2. The van der Waals surface area contributed by atoms with Crippen molar-refractivity contribution in [2.75, 3.05) is 24.5 Å². The number of hydrogen-bond donors (Lipinski definition) is 0. The Hall–Kier alpha value is -1.84. The topological polar surface area (TPSA) is 40.6 Å². The number of likely N-dealkylation sites (tertiary alicyclic amines) is 1. The van der Waals surface area contributed by atoms with Gasteiger partial charge in [-0.1, -0.05) is 19.9 Å².